The van der Waals surface area contributed by atoms with Gasteiger partial charge in [-0.3, -0.25) is 0 Å². The van der Waals surface area contributed by atoms with Crippen molar-refractivity contribution in [2.45, 2.75) is 64.7 Å². The first kappa shape index (κ1) is 21.2. The molecule has 0 aromatic rings. The summed E-state index contributed by atoms with van der Waals surface area (Å²) in [5, 5.41) is 0. The molecule has 0 rings (SSSR count). The molecule has 0 radical (unpaired) electrons. The lowest BCUT2D eigenvalue weighted by Crippen LogP contribution is -2.10. The second kappa shape index (κ2) is 20.2. The highest BCUT2D eigenvalue weighted by atomic mass is 32.1. The van der Waals surface area contributed by atoms with Gasteiger partial charge in [0.2, 0.25) is 0 Å². The molecule has 0 saturated carbocycles. The van der Waals surface area contributed by atoms with Gasteiger partial charge in [-0.25, -0.2) is 0 Å². The molecule has 0 spiro atoms. The lowest BCUT2D eigenvalue weighted by molar-refractivity contribution is 0.0167. The molecule has 3 nitrogen and oxygen atoms in total. The maximum Gasteiger partial charge on any atom is 0.0701 e. The Morgan fingerprint density at radius 3 is 1.48 bits per heavy atom. The Kier molecular flexibility index (Phi) is 20.5. The summed E-state index contributed by atoms with van der Waals surface area (Å²) in [4.78, 5) is 0. The number of thiol groups is 1. The Morgan fingerprint density at radius 1 is 0.524 bits per heavy atom. The average molecular weight is 321 g/mol. The number of hydrogen-bond acceptors (Lipinski definition) is 4. The van der Waals surface area contributed by atoms with Gasteiger partial charge in [0.25, 0.3) is 0 Å². The minimum atomic E-state index is 0.648. The van der Waals surface area contributed by atoms with Crippen molar-refractivity contribution >= 4 is 12.6 Å². The van der Waals surface area contributed by atoms with Gasteiger partial charge in [-0.2, -0.15) is 12.6 Å². The van der Waals surface area contributed by atoms with E-state index in [1.54, 1.807) is 0 Å². The van der Waals surface area contributed by atoms with E-state index in [1.807, 2.05) is 0 Å². The van der Waals surface area contributed by atoms with E-state index in [0.717, 1.165) is 12.4 Å². The van der Waals surface area contributed by atoms with Crippen molar-refractivity contribution in [1.29, 1.82) is 0 Å². The topological polar surface area (TPSA) is 27.7 Å². The highest BCUT2D eigenvalue weighted by Gasteiger charge is 1.94. The van der Waals surface area contributed by atoms with Gasteiger partial charge in [-0.1, -0.05) is 58.3 Å². The van der Waals surface area contributed by atoms with Crippen LogP contribution in [0, 0.1) is 0 Å². The summed E-state index contributed by atoms with van der Waals surface area (Å²) in [5.74, 6) is 0.766. The third-order valence-electron chi connectivity index (χ3n) is 3.37. The predicted molar refractivity (Wildman–Crippen MR) is 93.5 cm³/mol. The van der Waals surface area contributed by atoms with Gasteiger partial charge in [0.15, 0.2) is 0 Å². The van der Waals surface area contributed by atoms with Crippen molar-refractivity contribution in [2.24, 2.45) is 0 Å². The minimum Gasteiger partial charge on any atom is -0.379 e. The largest absolute Gasteiger partial charge is 0.379 e. The van der Waals surface area contributed by atoms with Gasteiger partial charge in [-0.15, -0.1) is 0 Å². The van der Waals surface area contributed by atoms with Crippen LogP contribution in [0.3, 0.4) is 0 Å². The molecule has 0 amide bonds. The van der Waals surface area contributed by atoms with Gasteiger partial charge in [0.05, 0.1) is 33.0 Å². The molecule has 0 N–H and O–H groups in total. The van der Waals surface area contributed by atoms with Gasteiger partial charge in [-0.05, 0) is 6.42 Å². The fraction of sp³-hybridized carbons (Fsp3) is 1.00. The third-order valence-corrected chi connectivity index (χ3v) is 3.55. The molecule has 0 aromatic carbocycles. The first-order valence-electron chi connectivity index (χ1n) is 8.76. The highest BCUT2D eigenvalue weighted by Crippen LogP contribution is 2.09. The number of rotatable bonds is 18. The summed E-state index contributed by atoms with van der Waals surface area (Å²) in [6.45, 7) is 6.50. The summed E-state index contributed by atoms with van der Waals surface area (Å²) in [6.07, 6.45) is 12.2. The Hall–Kier alpha value is 0.230. The molecule has 0 fully saturated rings. The van der Waals surface area contributed by atoms with E-state index in [2.05, 4.69) is 19.6 Å². The summed E-state index contributed by atoms with van der Waals surface area (Å²) >= 11 is 4.07. The van der Waals surface area contributed by atoms with Crippen molar-refractivity contribution < 1.29 is 14.2 Å². The molecule has 128 valence electrons. The number of hydrogen-bond donors (Lipinski definition) is 1. The van der Waals surface area contributed by atoms with E-state index in [1.165, 1.54) is 57.8 Å². The zero-order chi connectivity index (χ0) is 15.4. The van der Waals surface area contributed by atoms with Gasteiger partial charge < -0.3 is 14.2 Å². The van der Waals surface area contributed by atoms with Crippen LogP contribution in [0.1, 0.15) is 64.7 Å². The molecular weight excluding hydrogens is 284 g/mol. The van der Waals surface area contributed by atoms with Crippen LogP contribution >= 0.6 is 12.6 Å². The second-order valence-corrected chi connectivity index (χ2v) is 5.84. The van der Waals surface area contributed by atoms with Crippen LogP contribution in [0.4, 0.5) is 0 Å². The molecule has 0 atom stereocenters. The van der Waals surface area contributed by atoms with Crippen LogP contribution in [0.15, 0.2) is 0 Å². The SMILES string of the molecule is CCCCCCCCCCCOCCOCCOCCS. The van der Waals surface area contributed by atoms with Crippen molar-refractivity contribution in [3.05, 3.63) is 0 Å². The average Bonchev–Trinajstić information content (AvgIpc) is 2.50. The van der Waals surface area contributed by atoms with Crippen molar-refractivity contribution in [1.82, 2.24) is 0 Å². The van der Waals surface area contributed by atoms with Crippen LogP contribution in [-0.2, 0) is 14.2 Å². The summed E-state index contributed by atoms with van der Waals surface area (Å²) in [5.41, 5.74) is 0. The van der Waals surface area contributed by atoms with E-state index in [9.17, 15) is 0 Å². The molecule has 0 aliphatic carbocycles. The fourth-order valence-electron chi connectivity index (χ4n) is 2.12. The van der Waals surface area contributed by atoms with Crippen LogP contribution in [-0.4, -0.2) is 45.4 Å². The minimum absolute atomic E-state index is 0.648. The molecule has 4 heteroatoms. The summed E-state index contributed by atoms with van der Waals surface area (Å²) in [6, 6.07) is 0. The molecule has 21 heavy (non-hydrogen) atoms. The van der Waals surface area contributed by atoms with Gasteiger partial charge in [0.1, 0.15) is 0 Å². The van der Waals surface area contributed by atoms with E-state index < -0.39 is 0 Å². The summed E-state index contributed by atoms with van der Waals surface area (Å²) < 4.78 is 16.2. The highest BCUT2D eigenvalue weighted by molar-refractivity contribution is 7.80. The maximum absolute atomic E-state index is 5.54. The lowest BCUT2D eigenvalue weighted by atomic mass is 10.1. The first-order valence-corrected chi connectivity index (χ1v) is 9.39. The molecule has 0 bridgehead atoms. The molecule has 0 heterocycles. The monoisotopic (exact) mass is 320 g/mol. The molecule has 0 saturated heterocycles. The fourth-order valence-corrected chi connectivity index (χ4v) is 2.25. The number of unbranched alkanes of at least 4 members (excludes halogenated alkanes) is 8. The van der Waals surface area contributed by atoms with Crippen molar-refractivity contribution in [3.63, 3.8) is 0 Å². The predicted octanol–water partition coefficient (Wildman–Crippen LogP) is 4.50. The lowest BCUT2D eigenvalue weighted by Gasteiger charge is -2.06. The first-order chi connectivity index (χ1) is 10.4. The smallest absolute Gasteiger partial charge is 0.0701 e. The molecular formula is C17H36O3S. The van der Waals surface area contributed by atoms with E-state index >= 15 is 0 Å². The molecule has 0 aromatic heterocycles. The van der Waals surface area contributed by atoms with Gasteiger partial charge in [0, 0.05) is 12.4 Å². The summed E-state index contributed by atoms with van der Waals surface area (Å²) in [7, 11) is 0. The number of ether oxygens (including phenoxy) is 3. The van der Waals surface area contributed by atoms with Crippen LogP contribution in [0.25, 0.3) is 0 Å². The Bertz CT molecular complexity index is 161. The zero-order valence-corrected chi connectivity index (χ0v) is 14.9. The van der Waals surface area contributed by atoms with Gasteiger partial charge >= 0.3 is 0 Å². The Balaban J connectivity index is 2.90. The van der Waals surface area contributed by atoms with Crippen molar-refractivity contribution in [2.75, 3.05) is 45.4 Å². The maximum atomic E-state index is 5.54. The second-order valence-electron chi connectivity index (χ2n) is 5.39. The Labute approximate surface area is 137 Å². The van der Waals surface area contributed by atoms with Crippen LogP contribution < -0.4 is 0 Å². The Morgan fingerprint density at radius 2 is 0.952 bits per heavy atom. The molecule has 0 aliphatic heterocycles. The zero-order valence-electron chi connectivity index (χ0n) is 14.0. The quantitative estimate of drug-likeness (QED) is 0.298. The van der Waals surface area contributed by atoms with E-state index in [4.69, 9.17) is 14.2 Å². The van der Waals surface area contributed by atoms with Crippen LogP contribution in [0.5, 0.6) is 0 Å². The van der Waals surface area contributed by atoms with E-state index in [-0.39, 0.29) is 0 Å². The molecule has 0 aliphatic rings. The molecule has 0 unspecified atom stereocenters. The normalized spacial score (nSPS) is 11.1. The van der Waals surface area contributed by atoms with Crippen molar-refractivity contribution in [3.8, 4) is 0 Å². The van der Waals surface area contributed by atoms with E-state index in [0.29, 0.717) is 33.0 Å². The third kappa shape index (κ3) is 20.2. The standard InChI is InChI=1S/C17H36O3S/c1-2-3-4-5-6-7-8-9-10-11-18-12-13-19-14-15-20-16-17-21/h21H,2-17H2,1H3. The van der Waals surface area contributed by atoms with Crippen LogP contribution in [0.2, 0.25) is 0 Å².